The van der Waals surface area contributed by atoms with Crippen LogP contribution < -0.4 is 18.6 Å². The van der Waals surface area contributed by atoms with Gasteiger partial charge in [-0.1, -0.05) is 24.3 Å². The van der Waals surface area contributed by atoms with E-state index >= 15 is 0 Å². The number of fused-ring (bicyclic) bond motifs is 2. The molecule has 2 aromatic carbocycles. The van der Waals surface area contributed by atoms with Gasteiger partial charge in [0, 0.05) is 0 Å². The van der Waals surface area contributed by atoms with E-state index in [-0.39, 0.29) is 0 Å². The average Bonchev–Trinajstić information content (AvgIpc) is 3.08. The maximum atomic E-state index is 4.95. The molecule has 2 aromatic rings. The summed E-state index contributed by atoms with van der Waals surface area (Å²) in [5, 5.41) is 0. The van der Waals surface area contributed by atoms with Gasteiger partial charge in [-0.2, -0.15) is 0 Å². The molecule has 0 bridgehead atoms. The van der Waals surface area contributed by atoms with E-state index in [1.165, 1.54) is 15.4 Å². The zero-order valence-corrected chi connectivity index (χ0v) is 9.41. The number of rotatable bonds is 0. The molecule has 0 saturated heterocycles. The highest BCUT2D eigenvalue weighted by Crippen LogP contribution is 2.30. The second-order valence-electron chi connectivity index (χ2n) is 3.56. The van der Waals surface area contributed by atoms with Gasteiger partial charge < -0.3 is 18.6 Å². The molecule has 0 fully saturated rings. The lowest BCUT2D eigenvalue weighted by atomic mass is 10.3. The predicted octanol–water partition coefficient (Wildman–Crippen LogP) is 1.98. The van der Waals surface area contributed by atoms with Crippen molar-refractivity contribution < 1.29 is 18.6 Å². The van der Waals surface area contributed by atoms with E-state index in [1.807, 2.05) is 48.5 Å². The van der Waals surface area contributed by atoms with Gasteiger partial charge in [-0.05, 0) is 24.3 Å². The summed E-state index contributed by atoms with van der Waals surface area (Å²) in [5.74, 6) is 3.16. The maximum Gasteiger partial charge on any atom is 0.658 e. The Kier molecular flexibility index (Phi) is 3.00. The Balaban J connectivity index is 0.000000111. The first-order valence-electron chi connectivity index (χ1n) is 5.41. The standard InChI is InChI=1S/2C6H4BO2/c2*1-2-4-6-5(3-1)8-7-9-6/h2*1-4H. The van der Waals surface area contributed by atoms with Crippen LogP contribution >= 0.6 is 0 Å². The second-order valence-corrected chi connectivity index (χ2v) is 3.56. The molecule has 0 saturated carbocycles. The summed E-state index contributed by atoms with van der Waals surface area (Å²) in [6.07, 6.45) is 0. The van der Waals surface area contributed by atoms with Crippen molar-refractivity contribution in [2.45, 2.75) is 0 Å². The first-order valence-corrected chi connectivity index (χ1v) is 5.41. The third-order valence-corrected chi connectivity index (χ3v) is 2.40. The van der Waals surface area contributed by atoms with E-state index in [2.05, 4.69) is 0 Å². The summed E-state index contributed by atoms with van der Waals surface area (Å²) < 4.78 is 19.8. The van der Waals surface area contributed by atoms with Gasteiger partial charge in [0.2, 0.25) is 0 Å². The zero-order chi connectivity index (χ0) is 12.2. The number of benzene rings is 2. The Labute approximate surface area is 106 Å². The van der Waals surface area contributed by atoms with Gasteiger partial charge in [0.1, 0.15) is 23.0 Å². The van der Waals surface area contributed by atoms with E-state index in [1.54, 1.807) is 0 Å². The zero-order valence-electron chi connectivity index (χ0n) is 9.41. The van der Waals surface area contributed by atoms with E-state index in [0.29, 0.717) is 0 Å². The van der Waals surface area contributed by atoms with Crippen LogP contribution in [0.4, 0.5) is 0 Å². The van der Waals surface area contributed by atoms with E-state index in [9.17, 15) is 0 Å². The third kappa shape index (κ3) is 2.22. The van der Waals surface area contributed by atoms with Crippen molar-refractivity contribution >= 4 is 15.4 Å². The second kappa shape index (κ2) is 4.96. The lowest BCUT2D eigenvalue weighted by Crippen LogP contribution is -1.99. The summed E-state index contributed by atoms with van der Waals surface area (Å²) in [6, 6.07) is 15.1. The SMILES string of the molecule is [B]1Oc2ccccc2O1.[B]1Oc2ccccc2O1. The van der Waals surface area contributed by atoms with Crippen LogP contribution in [-0.2, 0) is 0 Å². The Morgan fingerprint density at radius 3 is 1.06 bits per heavy atom. The van der Waals surface area contributed by atoms with Crippen LogP contribution in [0.5, 0.6) is 23.0 Å². The van der Waals surface area contributed by atoms with Gasteiger partial charge in [-0.25, -0.2) is 0 Å². The van der Waals surface area contributed by atoms with Crippen molar-refractivity contribution in [3.8, 4) is 23.0 Å². The lowest BCUT2D eigenvalue weighted by Gasteiger charge is -1.92. The topological polar surface area (TPSA) is 36.9 Å². The molecule has 4 rings (SSSR count). The molecule has 4 nitrogen and oxygen atoms in total. The quantitative estimate of drug-likeness (QED) is 0.657. The van der Waals surface area contributed by atoms with Crippen molar-refractivity contribution in [2.24, 2.45) is 0 Å². The van der Waals surface area contributed by atoms with Crippen LogP contribution in [0.2, 0.25) is 0 Å². The minimum absolute atomic E-state index is 0.789. The third-order valence-electron chi connectivity index (χ3n) is 2.40. The number of hydrogen-bond acceptors (Lipinski definition) is 4. The molecule has 2 radical (unpaired) electrons. The molecule has 6 heteroatoms. The molecular formula is C12H8B2O4. The minimum atomic E-state index is 0.789. The smallest absolute Gasteiger partial charge is 0.524 e. The summed E-state index contributed by atoms with van der Waals surface area (Å²) in [6.45, 7) is 0. The van der Waals surface area contributed by atoms with Gasteiger partial charge in [-0.15, -0.1) is 0 Å². The fraction of sp³-hybridized carbons (Fsp3) is 0. The first kappa shape index (κ1) is 10.9. The number of hydrogen-bond donors (Lipinski definition) is 0. The van der Waals surface area contributed by atoms with Crippen molar-refractivity contribution in [3.63, 3.8) is 0 Å². The predicted molar refractivity (Wildman–Crippen MR) is 66.9 cm³/mol. The van der Waals surface area contributed by atoms with E-state index in [0.717, 1.165) is 23.0 Å². The molecule has 18 heavy (non-hydrogen) atoms. The fourth-order valence-electron chi connectivity index (χ4n) is 1.55. The largest absolute Gasteiger partial charge is 0.658 e. The van der Waals surface area contributed by atoms with Crippen LogP contribution in [0.1, 0.15) is 0 Å². The summed E-state index contributed by atoms with van der Waals surface area (Å²) >= 11 is 0. The van der Waals surface area contributed by atoms with Crippen LogP contribution in [0, 0.1) is 0 Å². The molecule has 0 N–H and O–H groups in total. The average molecular weight is 238 g/mol. The van der Waals surface area contributed by atoms with Crippen LogP contribution in [0.15, 0.2) is 48.5 Å². The van der Waals surface area contributed by atoms with Gasteiger partial charge in [0.25, 0.3) is 0 Å². The Morgan fingerprint density at radius 1 is 0.500 bits per heavy atom. The Bertz CT molecular complexity index is 452. The van der Waals surface area contributed by atoms with Gasteiger partial charge in [0.15, 0.2) is 0 Å². The first-order chi connectivity index (χ1) is 8.93. The van der Waals surface area contributed by atoms with Crippen molar-refractivity contribution in [2.75, 3.05) is 0 Å². The van der Waals surface area contributed by atoms with Crippen LogP contribution in [0.3, 0.4) is 0 Å². The Hall–Kier alpha value is -2.23. The van der Waals surface area contributed by atoms with Crippen molar-refractivity contribution in [3.05, 3.63) is 48.5 Å². The summed E-state index contributed by atoms with van der Waals surface area (Å²) in [5.41, 5.74) is 0. The lowest BCUT2D eigenvalue weighted by molar-refractivity contribution is 0.540. The molecule has 0 aromatic heterocycles. The number of para-hydroxylation sites is 4. The highest BCUT2D eigenvalue weighted by molar-refractivity contribution is 6.23. The maximum absolute atomic E-state index is 4.95. The molecular weight excluding hydrogens is 230 g/mol. The molecule has 2 heterocycles. The fourth-order valence-corrected chi connectivity index (χ4v) is 1.55. The highest BCUT2D eigenvalue weighted by Gasteiger charge is 2.14. The summed E-state index contributed by atoms with van der Waals surface area (Å²) in [4.78, 5) is 0. The molecule has 0 spiro atoms. The van der Waals surface area contributed by atoms with Crippen LogP contribution in [0.25, 0.3) is 0 Å². The van der Waals surface area contributed by atoms with E-state index in [4.69, 9.17) is 18.6 Å². The molecule has 0 aliphatic carbocycles. The molecule has 0 unspecified atom stereocenters. The van der Waals surface area contributed by atoms with Crippen LogP contribution in [-0.4, -0.2) is 15.4 Å². The van der Waals surface area contributed by atoms with E-state index < -0.39 is 0 Å². The van der Waals surface area contributed by atoms with Crippen molar-refractivity contribution in [1.82, 2.24) is 0 Å². The Morgan fingerprint density at radius 2 is 0.778 bits per heavy atom. The van der Waals surface area contributed by atoms with Crippen molar-refractivity contribution in [1.29, 1.82) is 0 Å². The normalized spacial score (nSPS) is 12.9. The molecule has 2 aliphatic heterocycles. The molecule has 86 valence electrons. The van der Waals surface area contributed by atoms with Gasteiger partial charge >= 0.3 is 15.4 Å². The minimum Gasteiger partial charge on any atom is -0.524 e. The van der Waals surface area contributed by atoms with Gasteiger partial charge in [-0.3, -0.25) is 0 Å². The highest BCUT2D eigenvalue weighted by atomic mass is 16.6. The molecule has 0 amide bonds. The summed E-state index contributed by atoms with van der Waals surface area (Å²) in [7, 11) is 2.65. The van der Waals surface area contributed by atoms with Gasteiger partial charge in [0.05, 0.1) is 0 Å². The molecule has 0 atom stereocenters. The molecule has 2 aliphatic rings. The monoisotopic (exact) mass is 238 g/mol.